The van der Waals surface area contributed by atoms with Gasteiger partial charge in [0.2, 0.25) is 0 Å². The Morgan fingerprint density at radius 3 is 2.47 bits per heavy atom. The van der Waals surface area contributed by atoms with Crippen LogP contribution in [0.3, 0.4) is 0 Å². The zero-order valence-electron chi connectivity index (χ0n) is 17.4. The van der Waals surface area contributed by atoms with E-state index in [4.69, 9.17) is 5.73 Å². The van der Waals surface area contributed by atoms with Crippen molar-refractivity contribution < 1.29 is 13.6 Å². The van der Waals surface area contributed by atoms with Gasteiger partial charge >= 0.3 is 6.03 Å². The second-order valence-electron chi connectivity index (χ2n) is 8.14. The number of nitrogens with zero attached hydrogens (tertiary/aromatic N) is 3. The summed E-state index contributed by atoms with van der Waals surface area (Å²) < 4.78 is 29.1. The minimum Gasteiger partial charge on any atom is -0.382 e. The van der Waals surface area contributed by atoms with E-state index in [9.17, 15) is 13.6 Å². The Kier molecular flexibility index (Phi) is 5.78. The quantitative estimate of drug-likeness (QED) is 0.651. The first kappa shape index (κ1) is 21.3. The van der Waals surface area contributed by atoms with Gasteiger partial charge in [0.15, 0.2) is 5.82 Å². The molecule has 8 heteroatoms. The van der Waals surface area contributed by atoms with Gasteiger partial charge in [0, 0.05) is 25.1 Å². The number of hydrogen-bond acceptors (Lipinski definition) is 3. The molecule has 3 aromatic rings. The number of aromatic nitrogens is 2. The number of halogens is 2. The van der Waals surface area contributed by atoms with Gasteiger partial charge < -0.3 is 16.0 Å². The van der Waals surface area contributed by atoms with E-state index in [0.717, 1.165) is 28.4 Å². The predicted octanol–water partition coefficient (Wildman–Crippen LogP) is 4.69. The fourth-order valence-corrected chi connectivity index (χ4v) is 3.04. The third-order valence-corrected chi connectivity index (χ3v) is 4.61. The van der Waals surface area contributed by atoms with E-state index in [2.05, 4.69) is 10.4 Å². The maximum Gasteiger partial charge on any atom is 0.322 e. The third-order valence-electron chi connectivity index (χ3n) is 4.61. The molecule has 0 fully saturated rings. The molecule has 0 saturated heterocycles. The molecule has 2 aromatic carbocycles. The highest BCUT2D eigenvalue weighted by atomic mass is 19.1. The summed E-state index contributed by atoms with van der Waals surface area (Å²) >= 11 is 0. The predicted molar refractivity (Wildman–Crippen MR) is 114 cm³/mol. The Morgan fingerprint density at radius 2 is 1.83 bits per heavy atom. The largest absolute Gasteiger partial charge is 0.382 e. The number of amides is 2. The van der Waals surface area contributed by atoms with Crippen LogP contribution >= 0.6 is 0 Å². The lowest BCUT2D eigenvalue weighted by Crippen LogP contribution is -2.32. The fraction of sp³-hybridized carbons (Fsp3) is 0.273. The summed E-state index contributed by atoms with van der Waals surface area (Å²) in [5, 5.41) is 7.19. The van der Waals surface area contributed by atoms with Gasteiger partial charge in [-0.2, -0.15) is 5.10 Å². The number of benzene rings is 2. The first-order chi connectivity index (χ1) is 14.1. The van der Waals surface area contributed by atoms with Crippen molar-refractivity contribution >= 4 is 17.5 Å². The van der Waals surface area contributed by atoms with Crippen LogP contribution in [-0.2, 0) is 12.0 Å². The van der Waals surface area contributed by atoms with E-state index in [0.29, 0.717) is 12.2 Å². The van der Waals surface area contributed by atoms with Crippen molar-refractivity contribution in [1.82, 2.24) is 14.7 Å². The Hall–Kier alpha value is -3.42. The highest BCUT2D eigenvalue weighted by Crippen LogP contribution is 2.35. The van der Waals surface area contributed by atoms with Crippen molar-refractivity contribution in [3.63, 3.8) is 0 Å². The summed E-state index contributed by atoms with van der Waals surface area (Å²) in [4.78, 5) is 14.3. The summed E-state index contributed by atoms with van der Waals surface area (Å²) in [5.41, 5.74) is 7.30. The van der Waals surface area contributed by atoms with Gasteiger partial charge in [0.1, 0.15) is 23.0 Å². The average Bonchev–Trinajstić information content (AvgIpc) is 3.01. The molecule has 30 heavy (non-hydrogen) atoms. The topological polar surface area (TPSA) is 76.2 Å². The summed E-state index contributed by atoms with van der Waals surface area (Å²) in [5.74, 6) is -1.28. The molecule has 0 aliphatic carbocycles. The van der Waals surface area contributed by atoms with Crippen molar-refractivity contribution in [3.05, 3.63) is 71.4 Å². The lowest BCUT2D eigenvalue weighted by molar-refractivity contribution is 0.220. The van der Waals surface area contributed by atoms with E-state index < -0.39 is 23.1 Å². The summed E-state index contributed by atoms with van der Waals surface area (Å²) in [7, 11) is 1.66. The second kappa shape index (κ2) is 8.14. The third kappa shape index (κ3) is 4.42. The normalized spacial score (nSPS) is 11.4. The van der Waals surface area contributed by atoms with Crippen LogP contribution in [0.4, 0.5) is 25.1 Å². The van der Waals surface area contributed by atoms with Gasteiger partial charge in [0.05, 0.1) is 5.69 Å². The summed E-state index contributed by atoms with van der Waals surface area (Å²) in [6, 6.07) is 12.2. The van der Waals surface area contributed by atoms with E-state index in [1.807, 2.05) is 51.1 Å². The first-order valence-electron chi connectivity index (χ1n) is 9.48. The number of urea groups is 1. The zero-order valence-corrected chi connectivity index (χ0v) is 17.4. The van der Waals surface area contributed by atoms with E-state index >= 15 is 0 Å². The standard InChI is InChI=1S/C22H25F2N5O/c1-22(2,3)19-18(26-21(30)28(4)13-14-8-6-5-7-9-14)20(25)29(27-19)17-12-15(23)10-11-16(17)24/h5-12H,13,25H2,1-4H3,(H,26,30). The second-order valence-corrected chi connectivity index (χ2v) is 8.14. The van der Waals surface area contributed by atoms with Crippen molar-refractivity contribution in [3.8, 4) is 5.69 Å². The van der Waals surface area contributed by atoms with Crippen LogP contribution in [-0.4, -0.2) is 27.8 Å². The maximum atomic E-state index is 14.3. The Bertz CT molecular complexity index is 1060. The number of hydrogen-bond donors (Lipinski definition) is 2. The number of carbonyl (C=O) groups is 1. The molecular weight excluding hydrogens is 388 g/mol. The monoisotopic (exact) mass is 413 g/mol. The fourth-order valence-electron chi connectivity index (χ4n) is 3.04. The molecule has 3 rings (SSSR count). The molecule has 0 radical (unpaired) electrons. The van der Waals surface area contributed by atoms with E-state index in [-0.39, 0.29) is 17.2 Å². The van der Waals surface area contributed by atoms with Gasteiger partial charge in [-0.1, -0.05) is 51.1 Å². The zero-order chi connectivity index (χ0) is 22.1. The van der Waals surface area contributed by atoms with Gasteiger partial charge in [-0.3, -0.25) is 0 Å². The summed E-state index contributed by atoms with van der Waals surface area (Å²) in [6.45, 7) is 6.07. The smallest absolute Gasteiger partial charge is 0.322 e. The molecule has 0 bridgehead atoms. The van der Waals surface area contributed by atoms with Crippen LogP contribution < -0.4 is 11.1 Å². The summed E-state index contributed by atoms with van der Waals surface area (Å²) in [6.07, 6.45) is 0. The molecule has 0 spiro atoms. The lowest BCUT2D eigenvalue weighted by Gasteiger charge is -2.21. The van der Waals surface area contributed by atoms with Gasteiger partial charge in [-0.15, -0.1) is 0 Å². The molecule has 0 saturated carbocycles. The van der Waals surface area contributed by atoms with Gasteiger partial charge in [-0.25, -0.2) is 18.3 Å². The molecule has 158 valence electrons. The van der Waals surface area contributed by atoms with Crippen molar-refractivity contribution in [1.29, 1.82) is 0 Å². The molecule has 6 nitrogen and oxygen atoms in total. The minimum atomic E-state index is -0.676. The Labute approximate surface area is 174 Å². The highest BCUT2D eigenvalue weighted by molar-refractivity contribution is 5.93. The van der Waals surface area contributed by atoms with Gasteiger partial charge in [-0.05, 0) is 17.7 Å². The van der Waals surface area contributed by atoms with Crippen LogP contribution in [0.25, 0.3) is 5.69 Å². The van der Waals surface area contributed by atoms with Crippen molar-refractivity contribution in [2.24, 2.45) is 0 Å². The Balaban J connectivity index is 1.96. The van der Waals surface area contributed by atoms with E-state index in [1.54, 1.807) is 7.05 Å². The molecular formula is C22H25F2N5O. The molecule has 2 amide bonds. The van der Waals surface area contributed by atoms with E-state index in [1.165, 1.54) is 4.90 Å². The molecule has 1 heterocycles. The Morgan fingerprint density at radius 1 is 1.17 bits per heavy atom. The number of nitrogens with one attached hydrogen (secondary N) is 1. The highest BCUT2D eigenvalue weighted by Gasteiger charge is 2.29. The maximum absolute atomic E-state index is 14.3. The van der Waals surface area contributed by atoms with Crippen LogP contribution in [0, 0.1) is 11.6 Å². The van der Waals surface area contributed by atoms with Crippen LogP contribution in [0.1, 0.15) is 32.0 Å². The number of rotatable bonds is 4. The number of anilines is 2. The van der Waals surface area contributed by atoms with Crippen LogP contribution in [0.15, 0.2) is 48.5 Å². The van der Waals surface area contributed by atoms with Crippen LogP contribution in [0.2, 0.25) is 0 Å². The minimum absolute atomic E-state index is 0.0193. The number of nitrogen functional groups attached to an aromatic ring is 1. The number of nitrogens with two attached hydrogens (primary N) is 1. The lowest BCUT2D eigenvalue weighted by atomic mass is 9.91. The molecule has 1 aromatic heterocycles. The molecule has 0 aliphatic rings. The molecule has 0 atom stereocenters. The molecule has 3 N–H and O–H groups in total. The first-order valence-corrected chi connectivity index (χ1v) is 9.48. The average molecular weight is 413 g/mol. The van der Waals surface area contributed by atoms with Crippen molar-refractivity contribution in [2.45, 2.75) is 32.7 Å². The molecule has 0 aliphatic heterocycles. The SMILES string of the molecule is CN(Cc1ccccc1)C(=O)Nc1c(C(C)(C)C)nn(-c2cc(F)ccc2F)c1N. The van der Waals surface area contributed by atoms with Crippen molar-refractivity contribution in [2.75, 3.05) is 18.1 Å². The van der Waals surface area contributed by atoms with Gasteiger partial charge in [0.25, 0.3) is 0 Å². The van der Waals surface area contributed by atoms with Crippen LogP contribution in [0.5, 0.6) is 0 Å². The molecule has 0 unspecified atom stereocenters. The number of carbonyl (C=O) groups excluding carboxylic acids is 1.